The predicted molar refractivity (Wildman–Crippen MR) is 103 cm³/mol. The van der Waals surface area contributed by atoms with E-state index in [1.54, 1.807) is 33.1 Å². The Kier molecular flexibility index (Phi) is 6.20. The lowest BCUT2D eigenvalue weighted by Crippen LogP contribution is -2.15. The smallest absolute Gasteiger partial charge is 0.289 e. The molecule has 0 amide bonds. The van der Waals surface area contributed by atoms with Gasteiger partial charge in [0.15, 0.2) is 11.5 Å². The number of benzene rings is 1. The van der Waals surface area contributed by atoms with Crippen LogP contribution in [0.4, 0.5) is 0 Å². The standard InChI is InChI=1S/C18H18IN3O3/c1-5-25-16-9-13(8-15(19)17(16)24-4)7-14(10-20)18(23)22-12(3)6-11(2)21-22/h6-9H,5H2,1-4H3/b14-7+. The van der Waals surface area contributed by atoms with E-state index in [-0.39, 0.29) is 5.57 Å². The molecule has 2 rings (SSSR count). The van der Waals surface area contributed by atoms with Crippen LogP contribution < -0.4 is 9.47 Å². The normalized spacial score (nSPS) is 11.1. The fraction of sp³-hybridized carbons (Fsp3) is 0.278. The van der Waals surface area contributed by atoms with Crippen molar-refractivity contribution in [3.05, 3.63) is 44.3 Å². The van der Waals surface area contributed by atoms with E-state index in [1.165, 1.54) is 10.8 Å². The summed E-state index contributed by atoms with van der Waals surface area (Å²) in [5.74, 6) is 0.735. The van der Waals surface area contributed by atoms with Crippen LogP contribution in [0.5, 0.6) is 11.5 Å². The van der Waals surface area contributed by atoms with E-state index in [4.69, 9.17) is 9.47 Å². The number of ether oxygens (including phenoxy) is 2. The molecule has 2 aromatic rings. The van der Waals surface area contributed by atoms with Crippen LogP contribution in [0.3, 0.4) is 0 Å². The molecule has 0 aliphatic heterocycles. The van der Waals surface area contributed by atoms with Crippen LogP contribution in [-0.4, -0.2) is 29.4 Å². The highest BCUT2D eigenvalue weighted by atomic mass is 127. The van der Waals surface area contributed by atoms with Crippen LogP contribution in [0, 0.1) is 28.7 Å². The van der Waals surface area contributed by atoms with Gasteiger partial charge in [0.1, 0.15) is 11.6 Å². The Labute approximate surface area is 160 Å². The molecule has 0 fully saturated rings. The molecule has 1 aromatic carbocycles. The lowest BCUT2D eigenvalue weighted by molar-refractivity contribution is 0.0943. The summed E-state index contributed by atoms with van der Waals surface area (Å²) in [6.07, 6.45) is 1.53. The summed E-state index contributed by atoms with van der Waals surface area (Å²) in [6, 6.07) is 7.32. The van der Waals surface area contributed by atoms with E-state index in [1.807, 2.05) is 19.1 Å². The predicted octanol–water partition coefficient (Wildman–Crippen LogP) is 3.76. The van der Waals surface area contributed by atoms with Gasteiger partial charge in [-0.1, -0.05) is 0 Å². The van der Waals surface area contributed by atoms with Crippen LogP contribution in [-0.2, 0) is 0 Å². The van der Waals surface area contributed by atoms with Crippen LogP contribution in [0.25, 0.3) is 6.08 Å². The molecule has 0 saturated carbocycles. The van der Waals surface area contributed by atoms with Gasteiger partial charge in [0.2, 0.25) is 0 Å². The van der Waals surface area contributed by atoms with Crippen molar-refractivity contribution >= 4 is 34.6 Å². The molecule has 0 aliphatic rings. The summed E-state index contributed by atoms with van der Waals surface area (Å²) in [4.78, 5) is 12.6. The number of methoxy groups -OCH3 is 1. The molecular weight excluding hydrogens is 433 g/mol. The zero-order valence-electron chi connectivity index (χ0n) is 14.5. The second-order valence-electron chi connectivity index (χ2n) is 5.28. The molecule has 1 heterocycles. The number of hydrogen-bond donors (Lipinski definition) is 0. The number of nitrogens with zero attached hydrogens (tertiary/aromatic N) is 3. The van der Waals surface area contributed by atoms with Gasteiger partial charge in [-0.05, 0) is 73.2 Å². The Morgan fingerprint density at radius 3 is 2.64 bits per heavy atom. The number of rotatable bonds is 5. The van der Waals surface area contributed by atoms with Gasteiger partial charge in [-0.15, -0.1) is 0 Å². The maximum Gasteiger partial charge on any atom is 0.289 e. The number of aryl methyl sites for hydroxylation is 2. The second-order valence-corrected chi connectivity index (χ2v) is 6.44. The van der Waals surface area contributed by atoms with Gasteiger partial charge >= 0.3 is 0 Å². The monoisotopic (exact) mass is 451 g/mol. The van der Waals surface area contributed by atoms with Crippen molar-refractivity contribution in [1.82, 2.24) is 9.78 Å². The molecule has 0 radical (unpaired) electrons. The molecule has 0 aliphatic carbocycles. The van der Waals surface area contributed by atoms with Crippen molar-refractivity contribution in [2.24, 2.45) is 0 Å². The van der Waals surface area contributed by atoms with Crippen molar-refractivity contribution < 1.29 is 14.3 Å². The van der Waals surface area contributed by atoms with Gasteiger partial charge in [0.25, 0.3) is 5.91 Å². The quantitative estimate of drug-likeness (QED) is 0.393. The van der Waals surface area contributed by atoms with Gasteiger partial charge in [-0.2, -0.15) is 10.4 Å². The lowest BCUT2D eigenvalue weighted by Gasteiger charge is -2.12. The zero-order valence-corrected chi connectivity index (χ0v) is 16.6. The highest BCUT2D eigenvalue weighted by molar-refractivity contribution is 14.1. The van der Waals surface area contributed by atoms with Crippen LogP contribution in [0.1, 0.15) is 28.7 Å². The van der Waals surface area contributed by atoms with Crippen LogP contribution in [0.2, 0.25) is 0 Å². The lowest BCUT2D eigenvalue weighted by atomic mass is 10.1. The molecule has 0 bridgehead atoms. The number of halogens is 1. The third-order valence-corrected chi connectivity index (χ3v) is 4.20. The Hall–Kier alpha value is -2.34. The summed E-state index contributed by atoms with van der Waals surface area (Å²) in [5, 5.41) is 13.6. The van der Waals surface area contributed by atoms with Crippen molar-refractivity contribution in [2.75, 3.05) is 13.7 Å². The number of hydrogen-bond acceptors (Lipinski definition) is 5. The second kappa shape index (κ2) is 8.16. The molecule has 7 heteroatoms. The summed E-state index contributed by atoms with van der Waals surface area (Å²) in [5.41, 5.74) is 2.08. The highest BCUT2D eigenvalue weighted by Gasteiger charge is 2.17. The van der Waals surface area contributed by atoms with Gasteiger partial charge in [0.05, 0.1) is 23.0 Å². The largest absolute Gasteiger partial charge is 0.492 e. The topological polar surface area (TPSA) is 77.1 Å². The van der Waals surface area contributed by atoms with Crippen molar-refractivity contribution in [3.63, 3.8) is 0 Å². The van der Waals surface area contributed by atoms with Crippen molar-refractivity contribution in [1.29, 1.82) is 5.26 Å². The minimum Gasteiger partial charge on any atom is -0.492 e. The molecular formula is C18H18IN3O3. The molecule has 1 aromatic heterocycles. The fourth-order valence-corrected chi connectivity index (χ4v) is 3.23. The van der Waals surface area contributed by atoms with Gasteiger partial charge in [-0.25, -0.2) is 4.68 Å². The summed E-state index contributed by atoms with van der Waals surface area (Å²) < 4.78 is 13.0. The first kappa shape index (κ1) is 19.0. The van der Waals surface area contributed by atoms with E-state index >= 15 is 0 Å². The third-order valence-electron chi connectivity index (χ3n) is 3.40. The SMILES string of the molecule is CCOc1cc(/C=C(\C#N)C(=O)n2nc(C)cc2C)cc(I)c1OC. The molecule has 25 heavy (non-hydrogen) atoms. The average Bonchev–Trinajstić information content (AvgIpc) is 2.90. The van der Waals surface area contributed by atoms with Crippen LogP contribution in [0.15, 0.2) is 23.8 Å². The zero-order chi connectivity index (χ0) is 18.6. The summed E-state index contributed by atoms with van der Waals surface area (Å²) >= 11 is 2.13. The number of carbonyl (C=O) groups is 1. The number of allylic oxidation sites excluding steroid dienone is 1. The molecule has 6 nitrogen and oxygen atoms in total. The minimum atomic E-state index is -0.461. The van der Waals surface area contributed by atoms with E-state index in [0.29, 0.717) is 29.4 Å². The maximum atomic E-state index is 12.6. The molecule has 130 valence electrons. The number of aromatic nitrogens is 2. The van der Waals surface area contributed by atoms with Crippen molar-refractivity contribution in [3.8, 4) is 17.6 Å². The van der Waals surface area contributed by atoms with Crippen LogP contribution >= 0.6 is 22.6 Å². The molecule has 0 saturated heterocycles. The Bertz CT molecular complexity index is 878. The first-order valence-electron chi connectivity index (χ1n) is 7.61. The van der Waals surface area contributed by atoms with E-state index < -0.39 is 5.91 Å². The van der Waals surface area contributed by atoms with Gasteiger partial charge < -0.3 is 9.47 Å². The molecule has 0 N–H and O–H groups in total. The molecule has 0 unspecified atom stereocenters. The molecule has 0 atom stereocenters. The minimum absolute atomic E-state index is 0.00499. The maximum absolute atomic E-state index is 12.6. The number of carbonyl (C=O) groups excluding carboxylic acids is 1. The molecule has 0 spiro atoms. The van der Waals surface area contributed by atoms with E-state index in [0.717, 1.165) is 9.26 Å². The fourth-order valence-electron chi connectivity index (χ4n) is 2.39. The Morgan fingerprint density at radius 1 is 1.40 bits per heavy atom. The van der Waals surface area contributed by atoms with E-state index in [9.17, 15) is 10.1 Å². The van der Waals surface area contributed by atoms with Gasteiger partial charge in [0, 0.05) is 5.69 Å². The Morgan fingerprint density at radius 2 is 2.12 bits per heavy atom. The van der Waals surface area contributed by atoms with Gasteiger partial charge in [-0.3, -0.25) is 4.79 Å². The van der Waals surface area contributed by atoms with Crippen molar-refractivity contribution in [2.45, 2.75) is 20.8 Å². The first-order chi connectivity index (χ1) is 11.9. The highest BCUT2D eigenvalue weighted by Crippen LogP contribution is 2.34. The third kappa shape index (κ3) is 4.20. The summed E-state index contributed by atoms with van der Waals surface area (Å²) in [7, 11) is 1.57. The summed E-state index contributed by atoms with van der Waals surface area (Å²) in [6.45, 7) is 5.93. The number of nitriles is 1. The van der Waals surface area contributed by atoms with E-state index in [2.05, 4.69) is 27.7 Å². The Balaban J connectivity index is 2.48. The first-order valence-corrected chi connectivity index (χ1v) is 8.69. The average molecular weight is 451 g/mol.